The summed E-state index contributed by atoms with van der Waals surface area (Å²) in [6.07, 6.45) is -1.92. The number of methoxy groups -OCH3 is 1. The first kappa shape index (κ1) is 14.7. The summed E-state index contributed by atoms with van der Waals surface area (Å²) in [6.45, 7) is 3.14. The van der Waals surface area contributed by atoms with Crippen molar-refractivity contribution in [2.24, 2.45) is 0 Å². The summed E-state index contributed by atoms with van der Waals surface area (Å²) in [5.74, 6) is 0. The second-order valence-electron chi connectivity index (χ2n) is 4.48. The maximum atomic E-state index is 13.0. The third-order valence-electron chi connectivity index (χ3n) is 3.11. The fraction of sp³-hybridized carbons (Fsp3) is 0.400. The number of benzene rings is 1. The van der Waals surface area contributed by atoms with Gasteiger partial charge in [0.1, 0.15) is 5.69 Å². The Morgan fingerprint density at radius 1 is 1.35 bits per heavy atom. The number of para-hydroxylation sites is 1. The summed E-state index contributed by atoms with van der Waals surface area (Å²) in [7, 11) is 1.62. The van der Waals surface area contributed by atoms with E-state index in [0.717, 1.165) is 10.9 Å². The largest absolute Gasteiger partial charge is 0.385 e. The molecule has 3 nitrogen and oxygen atoms in total. The van der Waals surface area contributed by atoms with Gasteiger partial charge in [-0.25, -0.2) is 13.8 Å². The smallest absolute Gasteiger partial charge is 0.280 e. The Kier molecular flexibility index (Phi) is 4.84. The molecule has 0 aliphatic carbocycles. The molecule has 1 aromatic heterocycles. The van der Waals surface area contributed by atoms with Gasteiger partial charge in [0, 0.05) is 24.7 Å². The van der Waals surface area contributed by atoms with E-state index in [9.17, 15) is 8.78 Å². The average molecular weight is 280 g/mol. The van der Waals surface area contributed by atoms with Gasteiger partial charge in [0.05, 0.1) is 12.1 Å². The Labute approximate surface area is 117 Å². The zero-order valence-electron chi connectivity index (χ0n) is 11.6. The summed E-state index contributed by atoms with van der Waals surface area (Å²) in [4.78, 5) is 4.12. The number of rotatable bonds is 6. The highest BCUT2D eigenvalue weighted by atomic mass is 19.3. The van der Waals surface area contributed by atoms with Gasteiger partial charge < -0.3 is 10.1 Å². The average Bonchev–Trinajstić information content (AvgIpc) is 2.45. The number of hydrogen-bond acceptors (Lipinski definition) is 3. The first-order valence-corrected chi connectivity index (χ1v) is 6.60. The second-order valence-corrected chi connectivity index (χ2v) is 4.48. The minimum atomic E-state index is -2.58. The molecule has 0 fully saturated rings. The minimum absolute atomic E-state index is 0.196. The zero-order valence-corrected chi connectivity index (χ0v) is 11.6. The summed E-state index contributed by atoms with van der Waals surface area (Å²) in [5.41, 5.74) is 2.05. The van der Waals surface area contributed by atoms with E-state index in [2.05, 4.69) is 10.3 Å². The topological polar surface area (TPSA) is 34.2 Å². The van der Waals surface area contributed by atoms with Crippen LogP contribution < -0.4 is 5.32 Å². The van der Waals surface area contributed by atoms with E-state index < -0.39 is 6.43 Å². The van der Waals surface area contributed by atoms with E-state index in [1.165, 1.54) is 6.07 Å². The Hall–Kier alpha value is -1.75. The minimum Gasteiger partial charge on any atom is -0.385 e. The van der Waals surface area contributed by atoms with Gasteiger partial charge in [0.2, 0.25) is 0 Å². The lowest BCUT2D eigenvalue weighted by molar-refractivity contribution is 0.146. The van der Waals surface area contributed by atoms with Crippen LogP contribution in [0.3, 0.4) is 0 Å². The van der Waals surface area contributed by atoms with Gasteiger partial charge in [-0.05, 0) is 25.0 Å². The molecule has 0 saturated carbocycles. The van der Waals surface area contributed by atoms with E-state index in [1.54, 1.807) is 7.11 Å². The van der Waals surface area contributed by atoms with Crippen LogP contribution in [0.1, 0.15) is 24.6 Å². The van der Waals surface area contributed by atoms with E-state index in [1.807, 2.05) is 25.1 Å². The van der Waals surface area contributed by atoms with Crippen molar-refractivity contribution in [1.29, 1.82) is 0 Å². The first-order chi connectivity index (χ1) is 9.67. The second kappa shape index (κ2) is 6.61. The molecule has 1 N–H and O–H groups in total. The molecular weight excluding hydrogens is 262 g/mol. The van der Waals surface area contributed by atoms with Crippen LogP contribution in [0, 0.1) is 0 Å². The lowest BCUT2D eigenvalue weighted by Crippen LogP contribution is -2.03. The summed E-state index contributed by atoms with van der Waals surface area (Å²) in [5, 5.41) is 3.99. The molecule has 108 valence electrons. The van der Waals surface area contributed by atoms with E-state index in [4.69, 9.17) is 4.74 Å². The lowest BCUT2D eigenvalue weighted by Gasteiger charge is -2.13. The molecule has 0 bridgehead atoms. The molecule has 0 saturated heterocycles. The maximum absolute atomic E-state index is 13.0. The van der Waals surface area contributed by atoms with Crippen LogP contribution in [0.5, 0.6) is 0 Å². The number of anilines is 1. The summed E-state index contributed by atoms with van der Waals surface area (Å²) >= 11 is 0. The van der Waals surface area contributed by atoms with Crippen molar-refractivity contribution in [3.63, 3.8) is 0 Å². The van der Waals surface area contributed by atoms with Crippen LogP contribution in [0.25, 0.3) is 10.9 Å². The number of alkyl halides is 2. The summed E-state index contributed by atoms with van der Waals surface area (Å²) in [6, 6.07) is 7.14. The lowest BCUT2D eigenvalue weighted by atomic mass is 10.1. The molecule has 0 aliphatic rings. The van der Waals surface area contributed by atoms with Crippen molar-refractivity contribution < 1.29 is 13.5 Å². The molecule has 0 atom stereocenters. The number of nitrogens with zero attached hydrogens (tertiary/aromatic N) is 1. The van der Waals surface area contributed by atoms with E-state index in [0.29, 0.717) is 30.8 Å². The van der Waals surface area contributed by atoms with Crippen molar-refractivity contribution in [3.05, 3.63) is 35.5 Å². The highest BCUT2D eigenvalue weighted by Crippen LogP contribution is 2.29. The van der Waals surface area contributed by atoms with Gasteiger partial charge in [-0.1, -0.05) is 18.2 Å². The van der Waals surface area contributed by atoms with Crippen molar-refractivity contribution in [2.75, 3.05) is 25.6 Å². The fourth-order valence-corrected chi connectivity index (χ4v) is 2.19. The maximum Gasteiger partial charge on any atom is 0.280 e. The Bertz CT molecular complexity index is 587. The van der Waals surface area contributed by atoms with Gasteiger partial charge in [-0.15, -0.1) is 0 Å². The molecule has 1 heterocycles. The van der Waals surface area contributed by atoms with Crippen molar-refractivity contribution in [1.82, 2.24) is 4.98 Å². The number of aromatic nitrogens is 1. The Morgan fingerprint density at radius 3 is 2.80 bits per heavy atom. The Morgan fingerprint density at radius 2 is 2.15 bits per heavy atom. The van der Waals surface area contributed by atoms with Crippen LogP contribution in [-0.2, 0) is 11.2 Å². The molecule has 0 unspecified atom stereocenters. The number of hydrogen-bond donors (Lipinski definition) is 1. The monoisotopic (exact) mass is 280 g/mol. The van der Waals surface area contributed by atoms with Gasteiger partial charge in [0.25, 0.3) is 6.43 Å². The number of fused-ring (bicyclic) bond motifs is 1. The van der Waals surface area contributed by atoms with E-state index >= 15 is 0 Å². The standard InChI is InChI=1S/C15H18F2N2O/c1-3-18-12-9-13(15(16)17)19-14-10(7-8-20-2)5-4-6-11(12)14/h4-6,9,15H,3,7-8H2,1-2H3,(H,18,19). The molecule has 2 rings (SSSR count). The van der Waals surface area contributed by atoms with Gasteiger partial charge in [-0.2, -0.15) is 0 Å². The van der Waals surface area contributed by atoms with Crippen LogP contribution in [-0.4, -0.2) is 25.2 Å². The molecule has 2 aromatic rings. The normalized spacial score (nSPS) is 11.2. The molecule has 0 amide bonds. The van der Waals surface area contributed by atoms with Gasteiger partial charge >= 0.3 is 0 Å². The predicted molar refractivity (Wildman–Crippen MR) is 76.4 cm³/mol. The molecule has 1 aromatic carbocycles. The van der Waals surface area contributed by atoms with Crippen molar-refractivity contribution >= 4 is 16.6 Å². The van der Waals surface area contributed by atoms with Crippen LogP contribution in [0.4, 0.5) is 14.5 Å². The fourth-order valence-electron chi connectivity index (χ4n) is 2.19. The number of pyridine rings is 1. The summed E-state index contributed by atoms with van der Waals surface area (Å²) < 4.78 is 31.0. The van der Waals surface area contributed by atoms with Crippen LogP contribution in [0.15, 0.2) is 24.3 Å². The third-order valence-corrected chi connectivity index (χ3v) is 3.11. The molecule has 0 spiro atoms. The highest BCUT2D eigenvalue weighted by Gasteiger charge is 2.14. The molecule has 5 heteroatoms. The predicted octanol–water partition coefficient (Wildman–Crippen LogP) is 3.79. The number of halogens is 2. The van der Waals surface area contributed by atoms with Gasteiger partial charge in [0.15, 0.2) is 0 Å². The van der Waals surface area contributed by atoms with E-state index in [-0.39, 0.29) is 5.69 Å². The van der Waals surface area contributed by atoms with Gasteiger partial charge in [-0.3, -0.25) is 0 Å². The quantitative estimate of drug-likeness (QED) is 0.874. The van der Waals surface area contributed by atoms with Crippen LogP contribution >= 0.6 is 0 Å². The van der Waals surface area contributed by atoms with Crippen LogP contribution in [0.2, 0.25) is 0 Å². The number of nitrogens with one attached hydrogen (secondary N) is 1. The van der Waals surface area contributed by atoms with Crippen molar-refractivity contribution in [3.8, 4) is 0 Å². The first-order valence-electron chi connectivity index (χ1n) is 6.60. The third kappa shape index (κ3) is 3.04. The molecular formula is C15H18F2N2O. The van der Waals surface area contributed by atoms with Crippen molar-refractivity contribution in [2.45, 2.75) is 19.8 Å². The molecule has 0 aliphatic heterocycles. The molecule has 0 radical (unpaired) electrons. The SMILES string of the molecule is CCNc1cc(C(F)F)nc2c(CCOC)cccc12. The highest BCUT2D eigenvalue weighted by molar-refractivity contribution is 5.93. The zero-order chi connectivity index (χ0) is 14.5. The Balaban J connectivity index is 2.59. The number of ether oxygens (including phenoxy) is 1. The molecule has 20 heavy (non-hydrogen) atoms.